The molecule has 0 saturated carbocycles. The summed E-state index contributed by atoms with van der Waals surface area (Å²) in [5.74, 6) is -6.93. The second-order valence-electron chi connectivity index (χ2n) is 8.24. The molecule has 0 rings (SSSR count). The fourth-order valence-corrected chi connectivity index (χ4v) is 2.94. The van der Waals surface area contributed by atoms with Crippen molar-refractivity contribution >= 4 is 35.6 Å². The van der Waals surface area contributed by atoms with Crippen molar-refractivity contribution in [3.8, 4) is 0 Å². The number of amides is 3. The normalized spacial score (nSPS) is 14.4. The van der Waals surface area contributed by atoms with Crippen LogP contribution in [0.4, 0.5) is 0 Å². The van der Waals surface area contributed by atoms with Gasteiger partial charge in [0.25, 0.3) is 0 Å². The minimum Gasteiger partial charge on any atom is -0.481 e. The molecule has 194 valence electrons. The highest BCUT2D eigenvalue weighted by molar-refractivity contribution is 5.95. The average molecular weight is 490 g/mol. The first-order valence-corrected chi connectivity index (χ1v) is 10.8. The largest absolute Gasteiger partial charge is 0.481 e. The summed E-state index contributed by atoms with van der Waals surface area (Å²) >= 11 is 0. The molecule has 4 atom stereocenters. The van der Waals surface area contributed by atoms with Crippen molar-refractivity contribution in [2.45, 2.75) is 76.5 Å². The fourth-order valence-electron chi connectivity index (χ4n) is 2.94. The Morgan fingerprint density at radius 1 is 0.735 bits per heavy atom. The molecular weight excluding hydrogens is 454 g/mol. The van der Waals surface area contributed by atoms with Crippen molar-refractivity contribution in [2.24, 2.45) is 17.4 Å². The van der Waals surface area contributed by atoms with Gasteiger partial charge in [-0.15, -0.1) is 0 Å². The molecule has 14 heteroatoms. The first-order chi connectivity index (χ1) is 15.8. The van der Waals surface area contributed by atoms with Gasteiger partial charge in [-0.1, -0.05) is 13.8 Å². The Bertz CT molecular complexity index is 744. The maximum absolute atomic E-state index is 12.9. The van der Waals surface area contributed by atoms with Gasteiger partial charge in [0, 0.05) is 0 Å². The van der Waals surface area contributed by atoms with Gasteiger partial charge in [0.2, 0.25) is 17.7 Å². The van der Waals surface area contributed by atoms with E-state index in [0.29, 0.717) is 19.4 Å². The van der Waals surface area contributed by atoms with Crippen LogP contribution in [0.1, 0.15) is 52.4 Å². The first-order valence-electron chi connectivity index (χ1n) is 10.8. The summed E-state index contributed by atoms with van der Waals surface area (Å²) in [5, 5.41) is 33.8. The molecule has 34 heavy (non-hydrogen) atoms. The zero-order valence-corrected chi connectivity index (χ0v) is 19.3. The number of nitrogens with one attached hydrogen (secondary N) is 3. The molecule has 14 nitrogen and oxygen atoms in total. The van der Waals surface area contributed by atoms with E-state index in [9.17, 15) is 28.8 Å². The van der Waals surface area contributed by atoms with Gasteiger partial charge in [0.05, 0.1) is 18.9 Å². The van der Waals surface area contributed by atoms with Crippen LogP contribution in [0.2, 0.25) is 0 Å². The second kappa shape index (κ2) is 15.6. The summed E-state index contributed by atoms with van der Waals surface area (Å²) in [5.41, 5.74) is 11.0. The molecule has 0 aromatic carbocycles. The molecule has 0 aliphatic carbocycles. The summed E-state index contributed by atoms with van der Waals surface area (Å²) < 4.78 is 0. The number of unbranched alkanes of at least 4 members (excludes halogenated alkanes) is 1. The molecule has 0 radical (unpaired) electrons. The Labute approximate surface area is 196 Å². The van der Waals surface area contributed by atoms with E-state index >= 15 is 0 Å². The molecule has 3 amide bonds. The van der Waals surface area contributed by atoms with E-state index in [1.807, 2.05) is 0 Å². The van der Waals surface area contributed by atoms with Crippen LogP contribution >= 0.6 is 0 Å². The molecular formula is C20H35N5O9. The molecule has 0 saturated heterocycles. The molecule has 0 fully saturated rings. The van der Waals surface area contributed by atoms with E-state index in [1.165, 1.54) is 0 Å². The topological polar surface area (TPSA) is 251 Å². The third kappa shape index (κ3) is 12.7. The van der Waals surface area contributed by atoms with Gasteiger partial charge < -0.3 is 42.7 Å². The zero-order valence-electron chi connectivity index (χ0n) is 19.3. The lowest BCUT2D eigenvalue weighted by Gasteiger charge is -2.26. The standard InChI is InChI=1S/C20H35N5O9/c1-10(2)7-13(19(32)25-14(20(33)34)9-16(28)29)24-18(31)12(5-3-4-6-21)23-17(30)11(22)8-15(26)27/h10-14H,3-9,21-22H2,1-2H3,(H,23,30)(H,24,31)(H,25,32)(H,26,27)(H,28,29)(H,33,34). The third-order valence-corrected chi connectivity index (χ3v) is 4.64. The minimum atomic E-state index is -1.70. The number of hydrogen-bond donors (Lipinski definition) is 8. The lowest BCUT2D eigenvalue weighted by atomic mass is 10.0. The van der Waals surface area contributed by atoms with E-state index in [4.69, 9.17) is 26.8 Å². The highest BCUT2D eigenvalue weighted by Gasteiger charge is 2.31. The van der Waals surface area contributed by atoms with Crippen LogP contribution in [-0.4, -0.2) is 81.7 Å². The van der Waals surface area contributed by atoms with Crippen molar-refractivity contribution in [3.05, 3.63) is 0 Å². The van der Waals surface area contributed by atoms with Crippen molar-refractivity contribution in [1.29, 1.82) is 0 Å². The SMILES string of the molecule is CC(C)CC(NC(=O)C(CCCCN)NC(=O)C(N)CC(=O)O)C(=O)NC(CC(=O)O)C(=O)O. The summed E-state index contributed by atoms with van der Waals surface area (Å²) in [6.45, 7) is 3.84. The molecule has 0 spiro atoms. The highest BCUT2D eigenvalue weighted by Crippen LogP contribution is 2.09. The molecule has 0 aromatic rings. The Hall–Kier alpha value is -3.26. The number of carbonyl (C=O) groups is 6. The molecule has 0 aliphatic rings. The fraction of sp³-hybridized carbons (Fsp3) is 0.700. The van der Waals surface area contributed by atoms with Gasteiger partial charge in [0.1, 0.15) is 18.1 Å². The Balaban J connectivity index is 5.54. The number of carboxylic acids is 3. The maximum Gasteiger partial charge on any atom is 0.326 e. The van der Waals surface area contributed by atoms with Crippen LogP contribution < -0.4 is 27.4 Å². The van der Waals surface area contributed by atoms with Crippen molar-refractivity contribution in [2.75, 3.05) is 6.54 Å². The number of nitrogens with two attached hydrogens (primary N) is 2. The van der Waals surface area contributed by atoms with Gasteiger partial charge >= 0.3 is 17.9 Å². The van der Waals surface area contributed by atoms with Crippen molar-refractivity contribution in [1.82, 2.24) is 16.0 Å². The van der Waals surface area contributed by atoms with Crippen LogP contribution in [0, 0.1) is 5.92 Å². The highest BCUT2D eigenvalue weighted by atomic mass is 16.4. The molecule has 0 aliphatic heterocycles. The van der Waals surface area contributed by atoms with Gasteiger partial charge in [-0.3, -0.25) is 24.0 Å². The molecule has 4 unspecified atom stereocenters. The zero-order chi connectivity index (χ0) is 26.4. The van der Waals surface area contributed by atoms with Crippen molar-refractivity contribution < 1.29 is 44.1 Å². The van der Waals surface area contributed by atoms with E-state index in [0.717, 1.165) is 0 Å². The van der Waals surface area contributed by atoms with E-state index in [1.54, 1.807) is 13.8 Å². The number of rotatable bonds is 17. The van der Waals surface area contributed by atoms with Gasteiger partial charge in [-0.05, 0) is 38.1 Å². The minimum absolute atomic E-state index is 0.0962. The Morgan fingerprint density at radius 2 is 1.24 bits per heavy atom. The van der Waals surface area contributed by atoms with Gasteiger partial charge in [-0.25, -0.2) is 4.79 Å². The van der Waals surface area contributed by atoms with E-state index < -0.39 is 72.6 Å². The van der Waals surface area contributed by atoms with Crippen LogP contribution in [0.15, 0.2) is 0 Å². The van der Waals surface area contributed by atoms with Crippen LogP contribution in [0.3, 0.4) is 0 Å². The predicted molar refractivity (Wildman–Crippen MR) is 118 cm³/mol. The van der Waals surface area contributed by atoms with Gasteiger partial charge in [-0.2, -0.15) is 0 Å². The molecule has 0 bridgehead atoms. The number of aliphatic carboxylic acids is 3. The number of hydrogen-bond acceptors (Lipinski definition) is 8. The smallest absolute Gasteiger partial charge is 0.326 e. The van der Waals surface area contributed by atoms with Crippen LogP contribution in [0.5, 0.6) is 0 Å². The average Bonchev–Trinajstić information content (AvgIpc) is 2.70. The lowest BCUT2D eigenvalue weighted by Crippen LogP contribution is -2.57. The summed E-state index contributed by atoms with van der Waals surface area (Å²) in [6.07, 6.45) is -0.319. The quantitative estimate of drug-likeness (QED) is 0.103. The molecule has 10 N–H and O–H groups in total. The third-order valence-electron chi connectivity index (χ3n) is 4.64. The van der Waals surface area contributed by atoms with Crippen LogP contribution in [-0.2, 0) is 28.8 Å². The Kier molecular flexibility index (Phi) is 14.1. The number of carboxylic acid groups (broad SMARTS) is 3. The second-order valence-corrected chi connectivity index (χ2v) is 8.24. The molecule has 0 aromatic heterocycles. The first kappa shape index (κ1) is 30.7. The maximum atomic E-state index is 12.9. The van der Waals surface area contributed by atoms with Crippen LogP contribution in [0.25, 0.3) is 0 Å². The summed E-state index contributed by atoms with van der Waals surface area (Å²) in [7, 11) is 0. The van der Waals surface area contributed by atoms with E-state index in [-0.39, 0.29) is 18.8 Å². The van der Waals surface area contributed by atoms with Crippen molar-refractivity contribution in [3.63, 3.8) is 0 Å². The summed E-state index contributed by atoms with van der Waals surface area (Å²) in [4.78, 5) is 70.8. The Morgan fingerprint density at radius 3 is 1.71 bits per heavy atom. The monoisotopic (exact) mass is 489 g/mol. The lowest BCUT2D eigenvalue weighted by molar-refractivity contribution is -0.147. The predicted octanol–water partition coefficient (Wildman–Crippen LogP) is -2.02. The van der Waals surface area contributed by atoms with E-state index in [2.05, 4.69) is 16.0 Å². The summed E-state index contributed by atoms with van der Waals surface area (Å²) in [6, 6.07) is -5.48. The number of carbonyl (C=O) groups excluding carboxylic acids is 3. The molecule has 0 heterocycles. The van der Waals surface area contributed by atoms with Gasteiger partial charge in [0.15, 0.2) is 0 Å².